The Morgan fingerprint density at radius 1 is 0.842 bits per heavy atom. The molecular weight excluding hydrogens is 246 g/mol. The fourth-order valence-corrected chi connectivity index (χ4v) is 1.47. The Kier molecular flexibility index (Phi) is 3.87. The van der Waals surface area contributed by atoms with Crippen molar-refractivity contribution in [2.24, 2.45) is 5.73 Å². The monoisotopic (exact) mass is 259 g/mol. The molecule has 2 N–H and O–H groups in total. The topological polar surface area (TPSA) is 70.8 Å². The van der Waals surface area contributed by atoms with Gasteiger partial charge in [0.05, 0.1) is 7.11 Å². The number of carbonyl (C=O) groups excluding carboxylic acids is 1. The molecule has 0 saturated carbocycles. The number of nitrogens with two attached hydrogens (primary N) is 1. The van der Waals surface area contributed by atoms with E-state index < -0.39 is 6.09 Å². The van der Waals surface area contributed by atoms with Crippen LogP contribution in [0.2, 0.25) is 0 Å². The van der Waals surface area contributed by atoms with Gasteiger partial charge in [-0.2, -0.15) is 0 Å². The highest BCUT2D eigenvalue weighted by molar-refractivity contribution is 5.68. The van der Waals surface area contributed by atoms with Crippen molar-refractivity contribution in [1.82, 2.24) is 0 Å². The van der Waals surface area contributed by atoms with Gasteiger partial charge in [0, 0.05) is 0 Å². The van der Waals surface area contributed by atoms with E-state index in [4.69, 9.17) is 19.9 Å². The van der Waals surface area contributed by atoms with Gasteiger partial charge < -0.3 is 19.9 Å². The van der Waals surface area contributed by atoms with Crippen molar-refractivity contribution in [2.45, 2.75) is 0 Å². The van der Waals surface area contributed by atoms with E-state index in [-0.39, 0.29) is 0 Å². The molecule has 1 amide bonds. The van der Waals surface area contributed by atoms with Crippen LogP contribution in [0.1, 0.15) is 0 Å². The molecule has 0 atom stereocenters. The summed E-state index contributed by atoms with van der Waals surface area (Å²) in [6.45, 7) is 0. The van der Waals surface area contributed by atoms with Gasteiger partial charge in [-0.1, -0.05) is 0 Å². The third-order valence-corrected chi connectivity index (χ3v) is 2.34. The number of carbonyl (C=O) groups is 1. The predicted octanol–water partition coefficient (Wildman–Crippen LogP) is 2.95. The Bertz CT molecular complexity index is 549. The lowest BCUT2D eigenvalue weighted by molar-refractivity contribution is 0.211. The van der Waals surface area contributed by atoms with E-state index in [1.165, 1.54) is 0 Å². The van der Waals surface area contributed by atoms with Crippen LogP contribution in [0.3, 0.4) is 0 Å². The van der Waals surface area contributed by atoms with Crippen LogP contribution in [0.15, 0.2) is 48.5 Å². The standard InChI is InChI=1S/C14H13NO4/c1-17-10-2-4-11(5-3-10)18-12-6-8-13(9-7-12)19-14(15)16/h2-9H,1H3,(H2,15,16). The number of rotatable bonds is 4. The Labute approximate surface area is 110 Å². The van der Waals surface area contributed by atoms with Crippen molar-refractivity contribution >= 4 is 6.09 Å². The minimum absolute atomic E-state index is 0.370. The largest absolute Gasteiger partial charge is 0.497 e. The second kappa shape index (κ2) is 5.77. The van der Waals surface area contributed by atoms with Crippen molar-refractivity contribution in [3.05, 3.63) is 48.5 Å². The summed E-state index contributed by atoms with van der Waals surface area (Å²) in [6, 6.07) is 13.8. The summed E-state index contributed by atoms with van der Waals surface area (Å²) in [6.07, 6.45) is -0.844. The molecule has 5 heteroatoms. The molecule has 0 unspecified atom stereocenters. The highest BCUT2D eigenvalue weighted by Gasteiger charge is 2.01. The lowest BCUT2D eigenvalue weighted by Gasteiger charge is -2.07. The van der Waals surface area contributed by atoms with Crippen molar-refractivity contribution in [2.75, 3.05) is 7.11 Å². The molecule has 98 valence electrons. The van der Waals surface area contributed by atoms with Gasteiger partial charge in [0.25, 0.3) is 0 Å². The van der Waals surface area contributed by atoms with Crippen LogP contribution in [0, 0.1) is 0 Å². The molecule has 0 aliphatic rings. The van der Waals surface area contributed by atoms with Gasteiger partial charge in [-0.15, -0.1) is 0 Å². The van der Waals surface area contributed by atoms with Crippen LogP contribution < -0.4 is 19.9 Å². The first-order valence-corrected chi connectivity index (χ1v) is 5.56. The average molecular weight is 259 g/mol. The molecule has 0 aliphatic heterocycles. The molecule has 19 heavy (non-hydrogen) atoms. The summed E-state index contributed by atoms with van der Waals surface area (Å²) in [5.41, 5.74) is 4.91. The maximum Gasteiger partial charge on any atom is 0.409 e. The first-order valence-electron chi connectivity index (χ1n) is 5.56. The van der Waals surface area contributed by atoms with E-state index >= 15 is 0 Å². The first-order chi connectivity index (χ1) is 9.17. The third kappa shape index (κ3) is 3.64. The first kappa shape index (κ1) is 12.8. The Morgan fingerprint density at radius 2 is 1.26 bits per heavy atom. The molecule has 0 saturated heterocycles. The Morgan fingerprint density at radius 3 is 1.68 bits per heavy atom. The fourth-order valence-electron chi connectivity index (χ4n) is 1.47. The maximum atomic E-state index is 10.6. The highest BCUT2D eigenvalue weighted by Crippen LogP contribution is 2.25. The van der Waals surface area contributed by atoms with Gasteiger partial charge in [0.1, 0.15) is 23.0 Å². The number of hydrogen-bond acceptors (Lipinski definition) is 4. The van der Waals surface area contributed by atoms with Crippen LogP contribution in [0.5, 0.6) is 23.0 Å². The summed E-state index contributed by atoms with van der Waals surface area (Å²) in [7, 11) is 1.60. The number of hydrogen-bond donors (Lipinski definition) is 1. The predicted molar refractivity (Wildman–Crippen MR) is 69.7 cm³/mol. The van der Waals surface area contributed by atoms with Crippen LogP contribution in [-0.4, -0.2) is 13.2 Å². The number of amides is 1. The summed E-state index contributed by atoms with van der Waals surface area (Å²) in [5.74, 6) is 2.44. The molecule has 0 bridgehead atoms. The SMILES string of the molecule is COc1ccc(Oc2ccc(OC(N)=O)cc2)cc1. The van der Waals surface area contributed by atoms with Gasteiger partial charge >= 0.3 is 6.09 Å². The quantitative estimate of drug-likeness (QED) is 0.916. The smallest absolute Gasteiger partial charge is 0.409 e. The summed E-state index contributed by atoms with van der Waals surface area (Å²) in [5, 5.41) is 0. The molecule has 0 heterocycles. The third-order valence-electron chi connectivity index (χ3n) is 2.34. The van der Waals surface area contributed by atoms with Gasteiger partial charge in [-0.05, 0) is 48.5 Å². The summed E-state index contributed by atoms with van der Waals surface area (Å²) < 4.78 is 15.4. The van der Waals surface area contributed by atoms with Gasteiger partial charge in [0.2, 0.25) is 0 Å². The van der Waals surface area contributed by atoms with E-state index in [9.17, 15) is 4.79 Å². The van der Waals surface area contributed by atoms with Crippen LogP contribution in [0.4, 0.5) is 4.79 Å². The van der Waals surface area contributed by atoms with E-state index in [1.54, 1.807) is 55.6 Å². The second-order valence-corrected chi connectivity index (χ2v) is 3.67. The molecule has 0 fully saturated rings. The van der Waals surface area contributed by atoms with E-state index in [0.29, 0.717) is 17.2 Å². The molecular formula is C14H13NO4. The van der Waals surface area contributed by atoms with Crippen LogP contribution in [-0.2, 0) is 0 Å². The number of ether oxygens (including phenoxy) is 3. The van der Waals surface area contributed by atoms with Crippen LogP contribution >= 0.6 is 0 Å². The van der Waals surface area contributed by atoms with E-state index in [2.05, 4.69) is 0 Å². The lowest BCUT2D eigenvalue weighted by Crippen LogP contribution is -2.16. The number of methoxy groups -OCH3 is 1. The van der Waals surface area contributed by atoms with Gasteiger partial charge in [0.15, 0.2) is 0 Å². The van der Waals surface area contributed by atoms with Crippen molar-refractivity contribution < 1.29 is 19.0 Å². The Hall–Kier alpha value is -2.69. The average Bonchev–Trinajstić information content (AvgIpc) is 2.41. The van der Waals surface area contributed by atoms with Crippen molar-refractivity contribution in [3.8, 4) is 23.0 Å². The molecule has 0 spiro atoms. The van der Waals surface area contributed by atoms with E-state index in [0.717, 1.165) is 5.75 Å². The summed E-state index contributed by atoms with van der Waals surface area (Å²) >= 11 is 0. The minimum atomic E-state index is -0.844. The zero-order valence-electron chi connectivity index (χ0n) is 10.3. The molecule has 2 aromatic carbocycles. The van der Waals surface area contributed by atoms with Crippen LogP contribution in [0.25, 0.3) is 0 Å². The minimum Gasteiger partial charge on any atom is -0.497 e. The molecule has 5 nitrogen and oxygen atoms in total. The fraction of sp³-hybridized carbons (Fsp3) is 0.0714. The normalized spacial score (nSPS) is 9.74. The zero-order valence-corrected chi connectivity index (χ0v) is 10.3. The lowest BCUT2D eigenvalue weighted by atomic mass is 10.3. The zero-order chi connectivity index (χ0) is 13.7. The summed E-state index contributed by atoms with van der Waals surface area (Å²) in [4.78, 5) is 10.6. The van der Waals surface area contributed by atoms with Gasteiger partial charge in [-0.3, -0.25) is 0 Å². The molecule has 2 rings (SSSR count). The second-order valence-electron chi connectivity index (χ2n) is 3.67. The Balaban J connectivity index is 2.04. The number of primary amides is 1. The molecule has 0 aliphatic carbocycles. The maximum absolute atomic E-state index is 10.6. The van der Waals surface area contributed by atoms with Crippen molar-refractivity contribution in [1.29, 1.82) is 0 Å². The molecule has 0 radical (unpaired) electrons. The molecule has 2 aromatic rings. The van der Waals surface area contributed by atoms with Gasteiger partial charge in [-0.25, -0.2) is 4.79 Å². The molecule has 0 aromatic heterocycles. The number of benzene rings is 2. The van der Waals surface area contributed by atoms with Crippen molar-refractivity contribution in [3.63, 3.8) is 0 Å². The highest BCUT2D eigenvalue weighted by atomic mass is 16.5. The van der Waals surface area contributed by atoms with E-state index in [1.807, 2.05) is 0 Å².